The smallest absolute Gasteiger partial charge is 0.396 e. The Labute approximate surface area is 98.5 Å². The second-order valence-electron chi connectivity index (χ2n) is 4.75. The Hall–Kier alpha value is -1.23. The minimum absolute atomic E-state index is 0.0145. The van der Waals surface area contributed by atoms with Gasteiger partial charge in [0.25, 0.3) is 0 Å². The molecular formula is C12H16F3NO. The molecule has 1 aromatic carbocycles. The molecule has 0 saturated carbocycles. The van der Waals surface area contributed by atoms with Gasteiger partial charge in [0, 0.05) is 24.3 Å². The molecule has 1 aromatic rings. The van der Waals surface area contributed by atoms with E-state index in [0.29, 0.717) is 12.2 Å². The van der Waals surface area contributed by atoms with Crippen LogP contribution in [0.4, 0.5) is 18.9 Å². The number of halogens is 3. The summed E-state index contributed by atoms with van der Waals surface area (Å²) in [6, 6.07) is 4.84. The highest BCUT2D eigenvalue weighted by molar-refractivity contribution is 5.45. The van der Waals surface area contributed by atoms with Crippen LogP contribution in [0.1, 0.15) is 19.4 Å². The maximum Gasteiger partial charge on any atom is 0.416 e. The number of hydrogen-bond acceptors (Lipinski definition) is 2. The summed E-state index contributed by atoms with van der Waals surface area (Å²) in [5.74, 6) is 0. The van der Waals surface area contributed by atoms with E-state index < -0.39 is 11.7 Å². The van der Waals surface area contributed by atoms with E-state index in [9.17, 15) is 13.2 Å². The van der Waals surface area contributed by atoms with Crippen molar-refractivity contribution in [2.45, 2.75) is 20.0 Å². The van der Waals surface area contributed by atoms with Gasteiger partial charge in [-0.25, -0.2) is 0 Å². The molecule has 0 amide bonds. The molecule has 2 nitrogen and oxygen atoms in total. The average Bonchev–Trinajstić information content (AvgIpc) is 2.26. The van der Waals surface area contributed by atoms with Crippen molar-refractivity contribution >= 4 is 5.69 Å². The van der Waals surface area contributed by atoms with Crippen molar-refractivity contribution in [2.75, 3.05) is 18.5 Å². The van der Waals surface area contributed by atoms with Crippen LogP contribution < -0.4 is 5.32 Å². The Morgan fingerprint density at radius 3 is 2.06 bits per heavy atom. The molecule has 0 fully saturated rings. The number of alkyl halides is 3. The first kappa shape index (κ1) is 13.8. The molecule has 0 aliphatic carbocycles. The third-order valence-electron chi connectivity index (χ3n) is 2.41. The molecule has 17 heavy (non-hydrogen) atoms. The van der Waals surface area contributed by atoms with Crippen LogP contribution in [0.3, 0.4) is 0 Å². The molecule has 0 aliphatic heterocycles. The monoisotopic (exact) mass is 247 g/mol. The van der Waals surface area contributed by atoms with E-state index in [1.54, 1.807) is 0 Å². The van der Waals surface area contributed by atoms with Gasteiger partial charge in [0.1, 0.15) is 0 Å². The van der Waals surface area contributed by atoms with Crippen LogP contribution in [0.25, 0.3) is 0 Å². The summed E-state index contributed by atoms with van der Waals surface area (Å²) in [6.07, 6.45) is -4.30. The minimum Gasteiger partial charge on any atom is -0.396 e. The maximum absolute atomic E-state index is 12.3. The highest BCUT2D eigenvalue weighted by atomic mass is 19.4. The standard InChI is InChI=1S/C12H16F3NO/c1-11(2,8-17)7-16-10-5-3-9(4-6-10)12(13,14)15/h3-6,16-17H,7-8H2,1-2H3. The highest BCUT2D eigenvalue weighted by Crippen LogP contribution is 2.30. The molecule has 0 aliphatic rings. The third kappa shape index (κ3) is 4.26. The van der Waals surface area contributed by atoms with Crippen LogP contribution in [-0.4, -0.2) is 18.3 Å². The molecule has 0 aromatic heterocycles. The van der Waals surface area contributed by atoms with Crippen LogP contribution in [0.15, 0.2) is 24.3 Å². The molecule has 0 radical (unpaired) electrons. The first-order valence-corrected chi connectivity index (χ1v) is 5.27. The van der Waals surface area contributed by atoms with E-state index >= 15 is 0 Å². The molecule has 2 N–H and O–H groups in total. The lowest BCUT2D eigenvalue weighted by atomic mass is 9.95. The molecule has 0 unspecified atom stereocenters. The van der Waals surface area contributed by atoms with Crippen molar-refractivity contribution in [1.29, 1.82) is 0 Å². The molecule has 0 saturated heterocycles. The molecule has 0 heterocycles. The number of aliphatic hydroxyl groups excluding tert-OH is 1. The fraction of sp³-hybridized carbons (Fsp3) is 0.500. The van der Waals surface area contributed by atoms with Crippen LogP contribution in [0, 0.1) is 5.41 Å². The number of aliphatic hydroxyl groups is 1. The van der Waals surface area contributed by atoms with Gasteiger partial charge >= 0.3 is 6.18 Å². The highest BCUT2D eigenvalue weighted by Gasteiger charge is 2.29. The number of anilines is 1. The van der Waals surface area contributed by atoms with Crippen molar-refractivity contribution in [3.05, 3.63) is 29.8 Å². The molecular weight excluding hydrogens is 231 g/mol. The Kier molecular flexibility index (Phi) is 4.03. The van der Waals surface area contributed by atoms with Gasteiger partial charge in [0.15, 0.2) is 0 Å². The second kappa shape index (κ2) is 4.96. The zero-order chi connectivity index (χ0) is 13.1. The number of rotatable bonds is 4. The average molecular weight is 247 g/mol. The van der Waals surface area contributed by atoms with Crippen LogP contribution in [0.2, 0.25) is 0 Å². The van der Waals surface area contributed by atoms with E-state index in [2.05, 4.69) is 5.32 Å². The molecule has 1 rings (SSSR count). The van der Waals surface area contributed by atoms with Crippen molar-refractivity contribution in [3.8, 4) is 0 Å². The fourth-order valence-corrected chi connectivity index (χ4v) is 1.17. The second-order valence-corrected chi connectivity index (χ2v) is 4.75. The minimum atomic E-state index is -4.30. The zero-order valence-corrected chi connectivity index (χ0v) is 9.80. The number of nitrogens with one attached hydrogen (secondary N) is 1. The zero-order valence-electron chi connectivity index (χ0n) is 9.80. The van der Waals surface area contributed by atoms with E-state index in [1.165, 1.54) is 12.1 Å². The summed E-state index contributed by atoms with van der Waals surface area (Å²) in [5, 5.41) is 12.0. The summed E-state index contributed by atoms with van der Waals surface area (Å²) in [5.41, 5.74) is -0.355. The molecule has 5 heteroatoms. The Morgan fingerprint density at radius 2 is 1.65 bits per heavy atom. The summed E-state index contributed by atoms with van der Waals surface area (Å²) in [6.45, 7) is 4.24. The van der Waals surface area contributed by atoms with Gasteiger partial charge in [-0.3, -0.25) is 0 Å². The largest absolute Gasteiger partial charge is 0.416 e. The summed E-state index contributed by atoms with van der Waals surface area (Å²) in [4.78, 5) is 0. The van der Waals surface area contributed by atoms with E-state index in [1.807, 2.05) is 13.8 Å². The van der Waals surface area contributed by atoms with Crippen molar-refractivity contribution in [3.63, 3.8) is 0 Å². The summed E-state index contributed by atoms with van der Waals surface area (Å²) in [7, 11) is 0. The SMILES string of the molecule is CC(C)(CO)CNc1ccc(C(F)(F)F)cc1. The van der Waals surface area contributed by atoms with Gasteiger partial charge in [-0.1, -0.05) is 13.8 Å². The molecule has 0 spiro atoms. The van der Waals surface area contributed by atoms with Gasteiger partial charge in [0.2, 0.25) is 0 Å². The molecule has 0 bridgehead atoms. The number of benzene rings is 1. The van der Waals surface area contributed by atoms with Gasteiger partial charge in [0.05, 0.1) is 5.56 Å². The maximum atomic E-state index is 12.3. The van der Waals surface area contributed by atoms with Gasteiger partial charge in [-0.05, 0) is 24.3 Å². The molecule has 0 atom stereocenters. The van der Waals surface area contributed by atoms with Crippen molar-refractivity contribution < 1.29 is 18.3 Å². The Morgan fingerprint density at radius 1 is 1.12 bits per heavy atom. The topological polar surface area (TPSA) is 32.3 Å². The lowest BCUT2D eigenvalue weighted by molar-refractivity contribution is -0.137. The first-order valence-electron chi connectivity index (χ1n) is 5.27. The first-order chi connectivity index (χ1) is 7.74. The third-order valence-corrected chi connectivity index (χ3v) is 2.41. The van der Waals surface area contributed by atoms with Crippen LogP contribution >= 0.6 is 0 Å². The quantitative estimate of drug-likeness (QED) is 0.856. The Bertz CT molecular complexity index is 357. The summed E-state index contributed by atoms with van der Waals surface area (Å²) >= 11 is 0. The van der Waals surface area contributed by atoms with Crippen molar-refractivity contribution in [1.82, 2.24) is 0 Å². The van der Waals surface area contributed by atoms with E-state index in [-0.39, 0.29) is 12.0 Å². The lowest BCUT2D eigenvalue weighted by Gasteiger charge is -2.22. The fourth-order valence-electron chi connectivity index (χ4n) is 1.17. The molecule has 96 valence electrons. The van der Waals surface area contributed by atoms with E-state index in [0.717, 1.165) is 12.1 Å². The lowest BCUT2D eigenvalue weighted by Crippen LogP contribution is -2.26. The predicted molar refractivity (Wildman–Crippen MR) is 60.8 cm³/mol. The van der Waals surface area contributed by atoms with Gasteiger partial charge in [-0.15, -0.1) is 0 Å². The van der Waals surface area contributed by atoms with Crippen LogP contribution in [0.5, 0.6) is 0 Å². The predicted octanol–water partition coefficient (Wildman–Crippen LogP) is 3.14. The van der Waals surface area contributed by atoms with Crippen molar-refractivity contribution in [2.24, 2.45) is 5.41 Å². The number of hydrogen-bond donors (Lipinski definition) is 2. The van der Waals surface area contributed by atoms with Crippen LogP contribution in [-0.2, 0) is 6.18 Å². The van der Waals surface area contributed by atoms with E-state index in [4.69, 9.17) is 5.11 Å². The van der Waals surface area contributed by atoms with Gasteiger partial charge < -0.3 is 10.4 Å². The normalized spacial score (nSPS) is 12.6. The van der Waals surface area contributed by atoms with Gasteiger partial charge in [-0.2, -0.15) is 13.2 Å². The Balaban J connectivity index is 2.64. The summed E-state index contributed by atoms with van der Waals surface area (Å²) < 4.78 is 36.9.